The minimum Gasteiger partial charge on any atom is -0.395 e. The SMILES string of the molecule is Cc1cccc(-c2ccc([C@@H]3[C@@H](CO)N4CCCCN(C(=O)c5ccncc5)C[C@@H]34)cc2)c1. The number of rotatable bonds is 4. The van der Waals surface area contributed by atoms with E-state index in [0.717, 1.165) is 25.9 Å². The van der Waals surface area contributed by atoms with Gasteiger partial charge in [0, 0.05) is 49.0 Å². The van der Waals surface area contributed by atoms with Crippen LogP contribution in [0.15, 0.2) is 73.1 Å². The highest BCUT2D eigenvalue weighted by Gasteiger charge is 2.49. The Bertz CT molecular complexity index is 1100. The number of benzene rings is 2. The second kappa shape index (κ2) is 9.46. The average Bonchev–Trinajstić information content (AvgIpc) is 2.83. The molecule has 170 valence electrons. The summed E-state index contributed by atoms with van der Waals surface area (Å²) in [6.07, 6.45) is 5.36. The van der Waals surface area contributed by atoms with Gasteiger partial charge in [-0.3, -0.25) is 14.7 Å². The largest absolute Gasteiger partial charge is 0.395 e. The lowest BCUT2D eigenvalue weighted by Gasteiger charge is -2.57. The maximum absolute atomic E-state index is 13.2. The molecule has 0 aliphatic carbocycles. The van der Waals surface area contributed by atoms with E-state index in [9.17, 15) is 9.90 Å². The summed E-state index contributed by atoms with van der Waals surface area (Å²) in [7, 11) is 0. The van der Waals surface area contributed by atoms with Gasteiger partial charge < -0.3 is 10.0 Å². The molecule has 2 fully saturated rings. The molecule has 1 N–H and O–H groups in total. The van der Waals surface area contributed by atoms with Crippen LogP contribution >= 0.6 is 0 Å². The molecule has 2 saturated heterocycles. The normalized spacial score (nSPS) is 23.2. The van der Waals surface area contributed by atoms with Crippen LogP contribution in [0, 0.1) is 6.92 Å². The van der Waals surface area contributed by atoms with Gasteiger partial charge in [-0.05, 0) is 55.1 Å². The van der Waals surface area contributed by atoms with Gasteiger partial charge in [-0.2, -0.15) is 0 Å². The molecule has 0 unspecified atom stereocenters. The van der Waals surface area contributed by atoms with Crippen molar-refractivity contribution in [3.63, 3.8) is 0 Å². The van der Waals surface area contributed by atoms with Gasteiger partial charge in [0.05, 0.1) is 6.61 Å². The van der Waals surface area contributed by atoms with Crippen molar-refractivity contribution in [3.8, 4) is 11.1 Å². The summed E-state index contributed by atoms with van der Waals surface area (Å²) in [6.45, 7) is 4.68. The van der Waals surface area contributed by atoms with Crippen LogP contribution in [-0.2, 0) is 0 Å². The van der Waals surface area contributed by atoms with Crippen LogP contribution < -0.4 is 0 Å². The molecule has 3 heterocycles. The van der Waals surface area contributed by atoms with Crippen LogP contribution in [0.4, 0.5) is 0 Å². The number of amides is 1. The van der Waals surface area contributed by atoms with Crippen LogP contribution in [0.25, 0.3) is 11.1 Å². The van der Waals surface area contributed by atoms with Crippen molar-refractivity contribution in [2.24, 2.45) is 0 Å². The first kappa shape index (κ1) is 21.8. The Morgan fingerprint density at radius 3 is 2.48 bits per heavy atom. The number of aliphatic hydroxyl groups is 1. The van der Waals surface area contributed by atoms with Crippen LogP contribution in [-0.4, -0.2) is 64.1 Å². The number of hydrogen-bond donors (Lipinski definition) is 1. The van der Waals surface area contributed by atoms with Crippen LogP contribution in [0.1, 0.15) is 40.2 Å². The van der Waals surface area contributed by atoms with Gasteiger partial charge >= 0.3 is 0 Å². The lowest BCUT2D eigenvalue weighted by Crippen LogP contribution is -2.67. The average molecular weight is 442 g/mol. The highest BCUT2D eigenvalue weighted by molar-refractivity contribution is 5.94. The maximum atomic E-state index is 13.2. The summed E-state index contributed by atoms with van der Waals surface area (Å²) in [5.74, 6) is 0.285. The van der Waals surface area contributed by atoms with Gasteiger partial charge in [0.15, 0.2) is 0 Å². The number of nitrogens with zero attached hydrogens (tertiary/aromatic N) is 3. The summed E-state index contributed by atoms with van der Waals surface area (Å²) in [5, 5.41) is 10.2. The van der Waals surface area contributed by atoms with Gasteiger partial charge in [-0.25, -0.2) is 0 Å². The Kier molecular flexibility index (Phi) is 6.25. The number of hydrogen-bond acceptors (Lipinski definition) is 4. The van der Waals surface area contributed by atoms with E-state index in [0.29, 0.717) is 12.1 Å². The van der Waals surface area contributed by atoms with Gasteiger partial charge in [-0.1, -0.05) is 54.1 Å². The molecule has 1 amide bonds. The molecule has 0 saturated carbocycles. The number of pyridine rings is 1. The Hall–Kier alpha value is -3.02. The predicted molar refractivity (Wildman–Crippen MR) is 130 cm³/mol. The molecule has 1 aromatic heterocycles. The topological polar surface area (TPSA) is 56.7 Å². The van der Waals surface area contributed by atoms with E-state index in [4.69, 9.17) is 0 Å². The second-order valence-electron chi connectivity index (χ2n) is 9.27. The number of carbonyl (C=O) groups is 1. The quantitative estimate of drug-likeness (QED) is 0.662. The van der Waals surface area contributed by atoms with Crippen molar-refractivity contribution in [2.45, 2.75) is 37.8 Å². The molecular weight excluding hydrogens is 410 g/mol. The monoisotopic (exact) mass is 441 g/mol. The van der Waals surface area contributed by atoms with E-state index in [1.165, 1.54) is 22.3 Å². The number of aryl methyl sites for hydroxylation is 1. The first-order valence-electron chi connectivity index (χ1n) is 11.9. The molecule has 33 heavy (non-hydrogen) atoms. The molecule has 2 aromatic carbocycles. The highest BCUT2D eigenvalue weighted by atomic mass is 16.3. The first-order chi connectivity index (χ1) is 16.2. The fourth-order valence-electron chi connectivity index (χ4n) is 5.52. The summed E-state index contributed by atoms with van der Waals surface area (Å²) < 4.78 is 0. The lowest BCUT2D eigenvalue weighted by molar-refractivity contribution is -0.0606. The zero-order valence-electron chi connectivity index (χ0n) is 19.1. The molecule has 2 aliphatic rings. The molecule has 3 aromatic rings. The van der Waals surface area contributed by atoms with Crippen molar-refractivity contribution in [3.05, 3.63) is 89.7 Å². The minimum absolute atomic E-state index is 0.0697. The first-order valence-corrected chi connectivity index (χ1v) is 11.9. The fraction of sp³-hybridized carbons (Fsp3) is 0.357. The fourth-order valence-corrected chi connectivity index (χ4v) is 5.52. The maximum Gasteiger partial charge on any atom is 0.254 e. The van der Waals surface area contributed by atoms with Crippen LogP contribution in [0.2, 0.25) is 0 Å². The second-order valence-corrected chi connectivity index (χ2v) is 9.27. The number of aromatic nitrogens is 1. The minimum atomic E-state index is 0.0697. The molecule has 0 spiro atoms. The molecule has 2 aliphatic heterocycles. The summed E-state index contributed by atoms with van der Waals surface area (Å²) >= 11 is 0. The smallest absolute Gasteiger partial charge is 0.254 e. The van der Waals surface area contributed by atoms with Gasteiger partial charge in [-0.15, -0.1) is 0 Å². The van der Waals surface area contributed by atoms with Crippen LogP contribution in [0.5, 0.6) is 0 Å². The van der Waals surface area contributed by atoms with E-state index < -0.39 is 0 Å². The number of aliphatic hydroxyl groups excluding tert-OH is 1. The van der Waals surface area contributed by atoms with E-state index in [1.807, 2.05) is 4.90 Å². The van der Waals surface area contributed by atoms with Crippen molar-refractivity contribution in [2.75, 3.05) is 26.2 Å². The van der Waals surface area contributed by atoms with E-state index in [1.54, 1.807) is 24.5 Å². The number of fused-ring (bicyclic) bond motifs is 1. The van der Waals surface area contributed by atoms with Crippen molar-refractivity contribution >= 4 is 5.91 Å². The third-order valence-corrected chi connectivity index (χ3v) is 7.23. The van der Waals surface area contributed by atoms with Crippen molar-refractivity contribution < 1.29 is 9.90 Å². The molecule has 3 atom stereocenters. The molecule has 5 rings (SSSR count). The molecule has 5 nitrogen and oxygen atoms in total. The lowest BCUT2D eigenvalue weighted by atomic mass is 9.74. The Labute approximate surface area is 195 Å². The Morgan fingerprint density at radius 1 is 1.00 bits per heavy atom. The molecule has 0 bridgehead atoms. The third-order valence-electron chi connectivity index (χ3n) is 7.23. The van der Waals surface area contributed by atoms with E-state index >= 15 is 0 Å². The Morgan fingerprint density at radius 2 is 1.76 bits per heavy atom. The molecular formula is C28H31N3O2. The van der Waals surface area contributed by atoms with Gasteiger partial charge in [0.25, 0.3) is 5.91 Å². The standard InChI is InChI=1S/C28H31N3O2/c1-20-5-4-6-24(17-20)21-7-9-22(10-8-21)27-25-18-30(28(33)23-11-13-29-14-12-23)15-2-3-16-31(25)26(27)19-32/h4-14,17,25-27,32H,2-3,15-16,18-19H2,1H3/t25-,26+,27-/m0/s1. The van der Waals surface area contributed by atoms with Crippen LogP contribution in [0.3, 0.4) is 0 Å². The van der Waals surface area contributed by atoms with Gasteiger partial charge in [0.1, 0.15) is 0 Å². The highest BCUT2D eigenvalue weighted by Crippen LogP contribution is 2.42. The zero-order valence-corrected chi connectivity index (χ0v) is 19.1. The number of carbonyl (C=O) groups excluding carboxylic acids is 1. The Balaban J connectivity index is 1.39. The van der Waals surface area contributed by atoms with E-state index in [-0.39, 0.29) is 30.5 Å². The van der Waals surface area contributed by atoms with Crippen molar-refractivity contribution in [1.29, 1.82) is 0 Å². The summed E-state index contributed by atoms with van der Waals surface area (Å²) in [5.41, 5.74) is 5.60. The van der Waals surface area contributed by atoms with E-state index in [2.05, 4.69) is 65.3 Å². The zero-order chi connectivity index (χ0) is 22.8. The molecule has 0 radical (unpaired) electrons. The van der Waals surface area contributed by atoms with Crippen molar-refractivity contribution in [1.82, 2.24) is 14.8 Å². The molecule has 5 heteroatoms. The summed E-state index contributed by atoms with van der Waals surface area (Å²) in [6, 6.07) is 21.2. The van der Waals surface area contributed by atoms with Gasteiger partial charge in [0.2, 0.25) is 0 Å². The third kappa shape index (κ3) is 4.31. The summed E-state index contributed by atoms with van der Waals surface area (Å²) in [4.78, 5) is 21.6. The predicted octanol–water partition coefficient (Wildman–Crippen LogP) is 4.12.